The molecule has 1 unspecified atom stereocenters. The molecule has 1 aliphatic heterocycles. The van der Waals surface area contributed by atoms with Crippen molar-refractivity contribution in [1.82, 2.24) is 9.80 Å². The molecule has 0 fully saturated rings. The number of aliphatic hydroxyl groups is 1. The van der Waals surface area contributed by atoms with Gasteiger partial charge in [-0.2, -0.15) is 0 Å². The van der Waals surface area contributed by atoms with Gasteiger partial charge in [-0.3, -0.25) is 9.59 Å². The minimum absolute atomic E-state index is 0.104. The normalized spacial score (nSPS) is 16.6. The number of aliphatic hydroxyl groups excluding tert-OH is 1. The highest BCUT2D eigenvalue weighted by atomic mass is 16.5. The molecule has 6 nitrogen and oxygen atoms in total. The predicted octanol–water partition coefficient (Wildman–Crippen LogP) is 3.62. The number of nitrogens with zero attached hydrogens (tertiary/aromatic N) is 2. The van der Waals surface area contributed by atoms with Crippen molar-refractivity contribution in [2.24, 2.45) is 0 Å². The third-order valence-corrected chi connectivity index (χ3v) is 5.23. The average Bonchev–Trinajstić information content (AvgIpc) is 3.03. The summed E-state index contributed by atoms with van der Waals surface area (Å²) < 4.78 is 5.23. The fourth-order valence-electron chi connectivity index (χ4n) is 3.65. The molecule has 0 aliphatic carbocycles. The summed E-state index contributed by atoms with van der Waals surface area (Å²) in [6, 6.07) is 16.0. The van der Waals surface area contributed by atoms with E-state index < -0.39 is 17.7 Å². The van der Waals surface area contributed by atoms with E-state index in [0.717, 1.165) is 24.1 Å². The molecule has 1 heterocycles. The lowest BCUT2D eigenvalue weighted by atomic mass is 9.95. The van der Waals surface area contributed by atoms with Crippen LogP contribution in [0, 0.1) is 0 Å². The zero-order valence-corrected chi connectivity index (χ0v) is 18.1. The summed E-state index contributed by atoms with van der Waals surface area (Å²) in [5.74, 6) is -0.702. The first kappa shape index (κ1) is 22.3. The van der Waals surface area contributed by atoms with Crippen LogP contribution in [0.4, 0.5) is 0 Å². The number of benzene rings is 2. The first-order valence-electron chi connectivity index (χ1n) is 10.2. The van der Waals surface area contributed by atoms with E-state index >= 15 is 0 Å². The Bertz CT molecular complexity index is 978. The Morgan fingerprint density at radius 1 is 1.13 bits per heavy atom. The minimum atomic E-state index is -0.645. The van der Waals surface area contributed by atoms with Gasteiger partial charge in [-0.15, -0.1) is 0 Å². The number of ether oxygens (including phenoxy) is 1. The first-order valence-corrected chi connectivity index (χ1v) is 10.2. The topological polar surface area (TPSA) is 70.1 Å². The molecule has 0 aromatic heterocycles. The smallest absolute Gasteiger partial charge is 0.290 e. The number of methoxy groups -OCH3 is 1. The Balaban J connectivity index is 1.93. The molecule has 162 valence electrons. The third-order valence-electron chi connectivity index (χ3n) is 5.23. The quantitative estimate of drug-likeness (QED) is 0.628. The fourth-order valence-corrected chi connectivity index (χ4v) is 3.65. The van der Waals surface area contributed by atoms with Crippen LogP contribution in [0.5, 0.6) is 5.75 Å². The van der Waals surface area contributed by atoms with Gasteiger partial charge in [-0.1, -0.05) is 48.5 Å². The van der Waals surface area contributed by atoms with E-state index in [9.17, 15) is 14.7 Å². The highest BCUT2D eigenvalue weighted by Gasteiger charge is 2.42. The summed E-state index contributed by atoms with van der Waals surface area (Å²) in [4.78, 5) is 29.6. The minimum Gasteiger partial charge on any atom is -0.503 e. The summed E-state index contributed by atoms with van der Waals surface area (Å²) in [7, 11) is 5.51. The van der Waals surface area contributed by atoms with Crippen LogP contribution in [-0.4, -0.2) is 60.9 Å². The van der Waals surface area contributed by atoms with Crippen molar-refractivity contribution < 1.29 is 19.4 Å². The van der Waals surface area contributed by atoms with E-state index in [1.165, 1.54) is 6.08 Å². The maximum atomic E-state index is 13.1. The van der Waals surface area contributed by atoms with E-state index in [4.69, 9.17) is 4.74 Å². The van der Waals surface area contributed by atoms with E-state index in [2.05, 4.69) is 0 Å². The SMILES string of the molecule is COc1ccc(C2C(C(=O)C=Cc3ccccc3)=C(O)C(=O)N2CCCN(C)C)cc1. The molecule has 1 N–H and O–H groups in total. The van der Waals surface area contributed by atoms with Gasteiger partial charge >= 0.3 is 0 Å². The number of carbonyl (C=O) groups is 2. The fraction of sp³-hybridized carbons (Fsp3) is 0.280. The van der Waals surface area contributed by atoms with Gasteiger partial charge in [0.2, 0.25) is 0 Å². The summed E-state index contributed by atoms with van der Waals surface area (Å²) in [5, 5.41) is 10.6. The number of carbonyl (C=O) groups excluding carboxylic acids is 2. The van der Waals surface area contributed by atoms with Gasteiger partial charge in [0.1, 0.15) is 5.75 Å². The second-order valence-electron chi connectivity index (χ2n) is 7.70. The van der Waals surface area contributed by atoms with Crippen LogP contribution in [0.1, 0.15) is 23.6 Å². The molecule has 1 atom stereocenters. The van der Waals surface area contributed by atoms with Crippen LogP contribution in [0.3, 0.4) is 0 Å². The highest BCUT2D eigenvalue weighted by molar-refractivity contribution is 6.14. The molecule has 31 heavy (non-hydrogen) atoms. The van der Waals surface area contributed by atoms with Gasteiger partial charge in [0.25, 0.3) is 5.91 Å². The standard InChI is InChI=1S/C25H28N2O4/c1-26(2)16-7-17-27-23(19-11-13-20(31-3)14-12-19)22(24(29)25(27)30)21(28)15-10-18-8-5-4-6-9-18/h4-6,8-15,23,29H,7,16-17H2,1-3H3. The lowest BCUT2D eigenvalue weighted by molar-refractivity contribution is -0.129. The lowest BCUT2D eigenvalue weighted by Gasteiger charge is -2.27. The van der Waals surface area contributed by atoms with Crippen molar-refractivity contribution in [3.63, 3.8) is 0 Å². The van der Waals surface area contributed by atoms with Gasteiger partial charge in [0.05, 0.1) is 18.7 Å². The number of hydrogen-bond acceptors (Lipinski definition) is 5. The Hall–Kier alpha value is -3.38. The molecule has 0 spiro atoms. The Morgan fingerprint density at radius 3 is 2.42 bits per heavy atom. The molecule has 0 bridgehead atoms. The molecule has 2 aromatic rings. The first-order chi connectivity index (χ1) is 14.9. The molecule has 1 aliphatic rings. The summed E-state index contributed by atoms with van der Waals surface area (Å²) in [6.45, 7) is 1.22. The van der Waals surface area contributed by atoms with Crippen molar-refractivity contribution >= 4 is 17.8 Å². The predicted molar refractivity (Wildman–Crippen MR) is 121 cm³/mol. The summed E-state index contributed by atoms with van der Waals surface area (Å²) >= 11 is 0. The van der Waals surface area contributed by atoms with Crippen molar-refractivity contribution in [2.75, 3.05) is 34.3 Å². The maximum absolute atomic E-state index is 13.1. The highest BCUT2D eigenvalue weighted by Crippen LogP contribution is 2.38. The van der Waals surface area contributed by atoms with Crippen LogP contribution < -0.4 is 4.74 Å². The molecule has 2 aromatic carbocycles. The Kier molecular flexibility index (Phi) is 7.26. The van der Waals surface area contributed by atoms with E-state index in [-0.39, 0.29) is 11.4 Å². The van der Waals surface area contributed by atoms with Crippen LogP contribution in [0.2, 0.25) is 0 Å². The van der Waals surface area contributed by atoms with E-state index in [1.807, 2.05) is 61.5 Å². The number of ketones is 1. The van der Waals surface area contributed by atoms with Gasteiger partial charge in [0.15, 0.2) is 11.5 Å². The molecule has 3 rings (SSSR count). The average molecular weight is 421 g/mol. The van der Waals surface area contributed by atoms with Crippen molar-refractivity contribution in [3.8, 4) is 5.75 Å². The molecule has 0 saturated carbocycles. The van der Waals surface area contributed by atoms with Gasteiger partial charge in [0, 0.05) is 6.54 Å². The van der Waals surface area contributed by atoms with E-state index in [1.54, 1.807) is 30.2 Å². The summed E-state index contributed by atoms with van der Waals surface area (Å²) in [5.41, 5.74) is 1.72. The lowest BCUT2D eigenvalue weighted by Crippen LogP contribution is -2.33. The van der Waals surface area contributed by atoms with Crippen LogP contribution in [-0.2, 0) is 9.59 Å². The van der Waals surface area contributed by atoms with Crippen LogP contribution >= 0.6 is 0 Å². The second-order valence-corrected chi connectivity index (χ2v) is 7.70. The second kappa shape index (κ2) is 10.1. The molecule has 6 heteroatoms. The Morgan fingerprint density at radius 2 is 1.81 bits per heavy atom. The molecule has 0 saturated heterocycles. The zero-order chi connectivity index (χ0) is 22.4. The van der Waals surface area contributed by atoms with Gasteiger partial charge in [-0.05, 0) is 56.4 Å². The largest absolute Gasteiger partial charge is 0.503 e. The van der Waals surface area contributed by atoms with E-state index in [0.29, 0.717) is 12.3 Å². The monoisotopic (exact) mass is 420 g/mol. The number of allylic oxidation sites excluding steroid dienone is 1. The third kappa shape index (κ3) is 5.22. The van der Waals surface area contributed by atoms with Crippen LogP contribution in [0.25, 0.3) is 6.08 Å². The van der Waals surface area contributed by atoms with Crippen molar-refractivity contribution in [1.29, 1.82) is 0 Å². The van der Waals surface area contributed by atoms with Gasteiger partial charge in [-0.25, -0.2) is 0 Å². The zero-order valence-electron chi connectivity index (χ0n) is 18.1. The maximum Gasteiger partial charge on any atom is 0.290 e. The summed E-state index contributed by atoms with van der Waals surface area (Å²) in [6.07, 6.45) is 3.82. The van der Waals surface area contributed by atoms with Crippen molar-refractivity contribution in [3.05, 3.63) is 83.1 Å². The molecular formula is C25H28N2O4. The Labute approximate surface area is 183 Å². The van der Waals surface area contributed by atoms with Crippen LogP contribution in [0.15, 0.2) is 72.0 Å². The molecular weight excluding hydrogens is 392 g/mol. The number of amides is 1. The number of hydrogen-bond donors (Lipinski definition) is 1. The molecule has 0 radical (unpaired) electrons. The molecule has 1 amide bonds. The number of rotatable bonds is 9. The van der Waals surface area contributed by atoms with Crippen molar-refractivity contribution in [2.45, 2.75) is 12.5 Å². The van der Waals surface area contributed by atoms with Gasteiger partial charge < -0.3 is 19.6 Å².